The summed E-state index contributed by atoms with van der Waals surface area (Å²) in [6, 6.07) is 9.96. The first-order valence-electron chi connectivity index (χ1n) is 6.68. The lowest BCUT2D eigenvalue weighted by molar-refractivity contribution is 0.0645. The molecular formula is C16H20N2O. The highest BCUT2D eigenvalue weighted by molar-refractivity contribution is 6.05. The minimum absolute atomic E-state index is 0.0503. The van der Waals surface area contributed by atoms with Gasteiger partial charge >= 0.3 is 0 Å². The smallest absolute Gasteiger partial charge is 0.256 e. The lowest BCUT2D eigenvalue weighted by Gasteiger charge is -2.31. The molecular weight excluding hydrogens is 236 g/mol. The second-order valence-corrected chi connectivity index (χ2v) is 5.28. The zero-order valence-electron chi connectivity index (χ0n) is 11.9. The van der Waals surface area contributed by atoms with Gasteiger partial charge in [0.15, 0.2) is 0 Å². The first-order chi connectivity index (χ1) is 9.02. The number of para-hydroxylation sites is 1. The van der Waals surface area contributed by atoms with Gasteiger partial charge in [0.2, 0.25) is 0 Å². The maximum absolute atomic E-state index is 12.7. The number of carbonyl (C=O) groups is 1. The third-order valence-corrected chi connectivity index (χ3v) is 3.21. The van der Waals surface area contributed by atoms with Crippen LogP contribution >= 0.6 is 0 Å². The number of fused-ring (bicyclic) bond motifs is 1. The molecule has 0 aliphatic rings. The molecule has 0 saturated carbocycles. The monoisotopic (exact) mass is 256 g/mol. The van der Waals surface area contributed by atoms with Gasteiger partial charge in [0.05, 0.1) is 11.1 Å². The van der Waals surface area contributed by atoms with Crippen molar-refractivity contribution in [3.63, 3.8) is 0 Å². The van der Waals surface area contributed by atoms with Gasteiger partial charge in [-0.15, -0.1) is 0 Å². The van der Waals surface area contributed by atoms with E-state index in [0.29, 0.717) is 5.56 Å². The Morgan fingerprint density at radius 1 is 1.05 bits per heavy atom. The summed E-state index contributed by atoms with van der Waals surface area (Å²) < 4.78 is 0. The molecule has 1 amide bonds. The molecule has 2 rings (SSSR count). The van der Waals surface area contributed by atoms with Crippen molar-refractivity contribution in [1.29, 1.82) is 0 Å². The summed E-state index contributed by atoms with van der Waals surface area (Å²) >= 11 is 0. The van der Waals surface area contributed by atoms with Crippen LogP contribution in [0.2, 0.25) is 0 Å². The van der Waals surface area contributed by atoms with Crippen molar-refractivity contribution in [2.75, 3.05) is 0 Å². The lowest BCUT2D eigenvalue weighted by Crippen LogP contribution is -2.42. The average Bonchev–Trinajstić information content (AvgIpc) is 2.37. The van der Waals surface area contributed by atoms with Crippen molar-refractivity contribution in [3.8, 4) is 0 Å². The van der Waals surface area contributed by atoms with Crippen LogP contribution in [-0.2, 0) is 0 Å². The molecule has 0 bridgehead atoms. The highest BCUT2D eigenvalue weighted by Crippen LogP contribution is 2.20. The van der Waals surface area contributed by atoms with Gasteiger partial charge in [0.25, 0.3) is 5.91 Å². The van der Waals surface area contributed by atoms with E-state index in [2.05, 4.69) is 4.98 Å². The second kappa shape index (κ2) is 5.39. The third kappa shape index (κ3) is 2.60. The average molecular weight is 256 g/mol. The SMILES string of the molecule is CC(C)N(C(=O)c1cccc2cccnc12)C(C)C. The van der Waals surface area contributed by atoms with E-state index in [0.717, 1.165) is 10.9 Å². The summed E-state index contributed by atoms with van der Waals surface area (Å²) in [5.74, 6) is 0.0503. The number of hydrogen-bond donors (Lipinski definition) is 0. The summed E-state index contributed by atoms with van der Waals surface area (Å²) in [5.41, 5.74) is 1.46. The fraction of sp³-hybridized carbons (Fsp3) is 0.375. The number of benzene rings is 1. The van der Waals surface area contributed by atoms with Crippen molar-refractivity contribution in [2.24, 2.45) is 0 Å². The summed E-state index contributed by atoms with van der Waals surface area (Å²) in [7, 11) is 0. The molecule has 0 spiro atoms. The predicted molar refractivity (Wildman–Crippen MR) is 78.2 cm³/mol. The minimum atomic E-state index is 0.0503. The molecule has 2 aromatic rings. The summed E-state index contributed by atoms with van der Waals surface area (Å²) in [4.78, 5) is 19.0. The van der Waals surface area contributed by atoms with E-state index in [1.54, 1.807) is 6.20 Å². The normalized spacial score (nSPS) is 11.3. The van der Waals surface area contributed by atoms with E-state index < -0.39 is 0 Å². The number of carbonyl (C=O) groups excluding carboxylic acids is 1. The Bertz CT molecular complexity index is 577. The Hall–Kier alpha value is -1.90. The zero-order chi connectivity index (χ0) is 14.0. The number of rotatable bonds is 3. The van der Waals surface area contributed by atoms with Crippen LogP contribution in [0.1, 0.15) is 38.1 Å². The molecule has 3 nitrogen and oxygen atoms in total. The molecule has 0 radical (unpaired) electrons. The molecule has 19 heavy (non-hydrogen) atoms. The van der Waals surface area contributed by atoms with Gasteiger partial charge in [0, 0.05) is 23.7 Å². The van der Waals surface area contributed by atoms with Crippen LogP contribution in [0.3, 0.4) is 0 Å². The summed E-state index contributed by atoms with van der Waals surface area (Å²) in [6.07, 6.45) is 1.73. The Morgan fingerprint density at radius 2 is 1.68 bits per heavy atom. The van der Waals surface area contributed by atoms with Crippen molar-refractivity contribution in [3.05, 3.63) is 42.1 Å². The number of amides is 1. The highest BCUT2D eigenvalue weighted by Gasteiger charge is 2.23. The first kappa shape index (κ1) is 13.5. The number of hydrogen-bond acceptors (Lipinski definition) is 2. The van der Waals surface area contributed by atoms with Gasteiger partial charge in [0.1, 0.15) is 0 Å². The largest absolute Gasteiger partial charge is 0.334 e. The summed E-state index contributed by atoms with van der Waals surface area (Å²) in [6.45, 7) is 8.15. The van der Waals surface area contributed by atoms with Crippen LogP contribution in [0, 0.1) is 0 Å². The Morgan fingerprint density at radius 3 is 2.32 bits per heavy atom. The molecule has 0 saturated heterocycles. The maximum atomic E-state index is 12.7. The zero-order valence-corrected chi connectivity index (χ0v) is 11.9. The maximum Gasteiger partial charge on any atom is 0.256 e. The van der Waals surface area contributed by atoms with Gasteiger partial charge in [-0.25, -0.2) is 0 Å². The standard InChI is InChI=1S/C16H20N2O/c1-11(2)18(12(3)4)16(19)14-9-5-7-13-8-6-10-17-15(13)14/h5-12H,1-4H3. The van der Waals surface area contributed by atoms with Crippen molar-refractivity contribution in [1.82, 2.24) is 9.88 Å². The first-order valence-corrected chi connectivity index (χ1v) is 6.68. The minimum Gasteiger partial charge on any atom is -0.334 e. The van der Waals surface area contributed by atoms with E-state index in [9.17, 15) is 4.79 Å². The van der Waals surface area contributed by atoms with E-state index in [-0.39, 0.29) is 18.0 Å². The van der Waals surface area contributed by atoms with Crippen LogP contribution in [0.5, 0.6) is 0 Å². The van der Waals surface area contributed by atoms with Crippen LogP contribution < -0.4 is 0 Å². The highest BCUT2D eigenvalue weighted by atomic mass is 16.2. The van der Waals surface area contributed by atoms with Gasteiger partial charge in [-0.3, -0.25) is 9.78 Å². The third-order valence-electron chi connectivity index (χ3n) is 3.21. The van der Waals surface area contributed by atoms with Gasteiger partial charge in [-0.1, -0.05) is 18.2 Å². The van der Waals surface area contributed by atoms with Gasteiger partial charge in [-0.05, 0) is 39.8 Å². The summed E-state index contributed by atoms with van der Waals surface area (Å²) in [5, 5.41) is 1.00. The molecule has 1 aromatic heterocycles. The lowest BCUT2D eigenvalue weighted by atomic mass is 10.1. The second-order valence-electron chi connectivity index (χ2n) is 5.28. The molecule has 3 heteroatoms. The fourth-order valence-corrected chi connectivity index (χ4v) is 2.48. The van der Waals surface area contributed by atoms with Crippen LogP contribution in [0.15, 0.2) is 36.5 Å². The molecule has 100 valence electrons. The number of aromatic nitrogens is 1. The van der Waals surface area contributed by atoms with E-state index in [1.807, 2.05) is 62.9 Å². The molecule has 0 aliphatic heterocycles. The van der Waals surface area contributed by atoms with Crippen LogP contribution in [0.25, 0.3) is 10.9 Å². The van der Waals surface area contributed by atoms with Crippen molar-refractivity contribution in [2.45, 2.75) is 39.8 Å². The van der Waals surface area contributed by atoms with E-state index in [4.69, 9.17) is 0 Å². The quantitative estimate of drug-likeness (QED) is 0.842. The number of nitrogens with zero attached hydrogens (tertiary/aromatic N) is 2. The Balaban J connectivity index is 2.52. The van der Waals surface area contributed by atoms with Gasteiger partial charge in [-0.2, -0.15) is 0 Å². The topological polar surface area (TPSA) is 33.2 Å². The molecule has 0 fully saturated rings. The molecule has 1 heterocycles. The van der Waals surface area contributed by atoms with Gasteiger partial charge < -0.3 is 4.90 Å². The fourth-order valence-electron chi connectivity index (χ4n) is 2.48. The van der Waals surface area contributed by atoms with Crippen molar-refractivity contribution < 1.29 is 4.79 Å². The Kier molecular flexibility index (Phi) is 3.84. The number of pyridine rings is 1. The molecule has 0 aliphatic carbocycles. The van der Waals surface area contributed by atoms with Crippen molar-refractivity contribution >= 4 is 16.8 Å². The van der Waals surface area contributed by atoms with E-state index in [1.165, 1.54) is 0 Å². The molecule has 0 N–H and O–H groups in total. The predicted octanol–water partition coefficient (Wildman–Crippen LogP) is 3.49. The Labute approximate surface area is 114 Å². The van der Waals surface area contributed by atoms with Crippen LogP contribution in [-0.4, -0.2) is 27.9 Å². The molecule has 0 atom stereocenters. The van der Waals surface area contributed by atoms with E-state index >= 15 is 0 Å². The van der Waals surface area contributed by atoms with Crippen LogP contribution in [0.4, 0.5) is 0 Å². The molecule has 0 unspecified atom stereocenters. The molecule has 1 aromatic carbocycles.